The molecule has 1 amide bonds. The number of aromatic nitrogens is 2. The van der Waals surface area contributed by atoms with Crippen molar-refractivity contribution < 1.29 is 4.79 Å². The Morgan fingerprint density at radius 1 is 1.24 bits per heavy atom. The number of likely N-dealkylation sites (tertiary alicyclic amines) is 1. The molecule has 0 aliphatic carbocycles. The third kappa shape index (κ3) is 2.77. The zero-order valence-electron chi connectivity index (χ0n) is 12.2. The predicted molar refractivity (Wildman–Crippen MR) is 81.9 cm³/mol. The van der Waals surface area contributed by atoms with Gasteiger partial charge in [-0.15, -0.1) is 0 Å². The smallest absolute Gasteiger partial charge is 0.276 e. The summed E-state index contributed by atoms with van der Waals surface area (Å²) in [5.41, 5.74) is 8.02. The Balaban J connectivity index is 1.66. The highest BCUT2D eigenvalue weighted by Gasteiger charge is 2.26. The fourth-order valence-corrected chi connectivity index (χ4v) is 2.96. The zero-order chi connectivity index (χ0) is 14.8. The van der Waals surface area contributed by atoms with Gasteiger partial charge in [0, 0.05) is 26.3 Å². The lowest BCUT2D eigenvalue weighted by molar-refractivity contribution is 0.0707. The van der Waals surface area contributed by atoms with Crippen molar-refractivity contribution in [1.29, 1.82) is 0 Å². The summed E-state index contributed by atoms with van der Waals surface area (Å²) in [7, 11) is 1.77. The highest BCUT2D eigenvalue weighted by atomic mass is 16.2. The van der Waals surface area contributed by atoms with Crippen LogP contribution < -0.4 is 5.73 Å². The summed E-state index contributed by atoms with van der Waals surface area (Å²) in [6, 6.07) is 10.5. The number of carbonyl (C=O) groups is 1. The lowest BCUT2D eigenvalue weighted by Crippen LogP contribution is -2.38. The van der Waals surface area contributed by atoms with Crippen molar-refractivity contribution in [3.63, 3.8) is 0 Å². The molecule has 110 valence electrons. The first-order chi connectivity index (χ1) is 10.1. The number of nitrogen functional groups attached to an aromatic ring is 1. The van der Waals surface area contributed by atoms with Crippen molar-refractivity contribution in [2.45, 2.75) is 18.8 Å². The van der Waals surface area contributed by atoms with E-state index in [1.807, 2.05) is 11.0 Å². The molecule has 3 rings (SSSR count). The SMILES string of the molecule is Cn1cc(N)c(C(=O)N2CCC(c3ccccc3)CC2)n1. The predicted octanol–water partition coefficient (Wildman–Crippen LogP) is 2.02. The molecule has 1 aliphatic rings. The van der Waals surface area contributed by atoms with Gasteiger partial charge in [0.05, 0.1) is 5.69 Å². The number of amides is 1. The summed E-state index contributed by atoms with van der Waals surface area (Å²) in [6.07, 6.45) is 3.65. The first kappa shape index (κ1) is 13.7. The number of carbonyl (C=O) groups excluding carboxylic acids is 1. The van der Waals surface area contributed by atoms with Crippen LogP contribution in [-0.2, 0) is 7.05 Å². The van der Waals surface area contributed by atoms with Gasteiger partial charge in [-0.1, -0.05) is 30.3 Å². The molecule has 1 aromatic carbocycles. The number of nitrogens with two attached hydrogens (primary N) is 1. The average molecular weight is 284 g/mol. The Hall–Kier alpha value is -2.30. The Labute approximate surface area is 124 Å². The van der Waals surface area contributed by atoms with Crippen molar-refractivity contribution in [3.8, 4) is 0 Å². The molecule has 1 aliphatic heterocycles. The van der Waals surface area contributed by atoms with E-state index in [9.17, 15) is 4.79 Å². The van der Waals surface area contributed by atoms with Crippen molar-refractivity contribution >= 4 is 11.6 Å². The third-order valence-electron chi connectivity index (χ3n) is 4.11. The molecule has 21 heavy (non-hydrogen) atoms. The molecule has 0 atom stereocenters. The molecule has 0 radical (unpaired) electrons. The van der Waals surface area contributed by atoms with Gasteiger partial charge in [-0.05, 0) is 24.3 Å². The van der Waals surface area contributed by atoms with Crippen LogP contribution in [0.4, 0.5) is 5.69 Å². The van der Waals surface area contributed by atoms with Gasteiger partial charge in [-0.3, -0.25) is 9.48 Å². The van der Waals surface area contributed by atoms with Crippen LogP contribution >= 0.6 is 0 Å². The lowest BCUT2D eigenvalue weighted by atomic mass is 9.89. The van der Waals surface area contributed by atoms with E-state index in [2.05, 4.69) is 29.4 Å². The maximum Gasteiger partial charge on any atom is 0.276 e. The van der Waals surface area contributed by atoms with Crippen molar-refractivity contribution in [1.82, 2.24) is 14.7 Å². The zero-order valence-corrected chi connectivity index (χ0v) is 12.2. The Morgan fingerprint density at radius 3 is 2.48 bits per heavy atom. The second-order valence-corrected chi connectivity index (χ2v) is 5.58. The van der Waals surface area contributed by atoms with Gasteiger partial charge < -0.3 is 10.6 Å². The maximum absolute atomic E-state index is 12.4. The molecule has 0 bridgehead atoms. The Morgan fingerprint density at radius 2 is 1.90 bits per heavy atom. The summed E-state index contributed by atoms with van der Waals surface area (Å²) in [4.78, 5) is 14.3. The molecular formula is C16H20N4O. The molecule has 1 fully saturated rings. The van der Waals surface area contributed by atoms with Crippen LogP contribution in [0.5, 0.6) is 0 Å². The van der Waals surface area contributed by atoms with E-state index in [4.69, 9.17) is 5.73 Å². The summed E-state index contributed by atoms with van der Waals surface area (Å²) in [6.45, 7) is 1.52. The number of anilines is 1. The molecule has 5 nitrogen and oxygen atoms in total. The van der Waals surface area contributed by atoms with Crippen molar-refractivity contribution in [2.75, 3.05) is 18.8 Å². The summed E-state index contributed by atoms with van der Waals surface area (Å²) in [5, 5.41) is 4.16. The number of nitrogens with zero attached hydrogens (tertiary/aromatic N) is 3. The maximum atomic E-state index is 12.4. The van der Waals surface area contributed by atoms with Gasteiger partial charge >= 0.3 is 0 Å². The largest absolute Gasteiger partial charge is 0.396 e. The van der Waals surface area contributed by atoms with E-state index in [0.717, 1.165) is 25.9 Å². The number of aryl methyl sites for hydroxylation is 1. The molecule has 2 aromatic rings. The van der Waals surface area contributed by atoms with Crippen LogP contribution in [0.25, 0.3) is 0 Å². The lowest BCUT2D eigenvalue weighted by Gasteiger charge is -2.31. The molecule has 5 heteroatoms. The van der Waals surface area contributed by atoms with Gasteiger partial charge in [0.1, 0.15) is 0 Å². The number of hydrogen-bond donors (Lipinski definition) is 1. The highest BCUT2D eigenvalue weighted by Crippen LogP contribution is 2.28. The second-order valence-electron chi connectivity index (χ2n) is 5.58. The van der Waals surface area contributed by atoms with E-state index in [1.165, 1.54) is 5.56 Å². The third-order valence-corrected chi connectivity index (χ3v) is 4.11. The van der Waals surface area contributed by atoms with Gasteiger partial charge in [0.25, 0.3) is 5.91 Å². The topological polar surface area (TPSA) is 64.2 Å². The van der Waals surface area contributed by atoms with Gasteiger partial charge in [0.15, 0.2) is 5.69 Å². The summed E-state index contributed by atoms with van der Waals surface area (Å²) in [5.74, 6) is 0.482. The second kappa shape index (κ2) is 5.60. The van der Waals surface area contributed by atoms with Crippen LogP contribution in [0.3, 0.4) is 0 Å². The van der Waals surface area contributed by atoms with Gasteiger partial charge in [-0.25, -0.2) is 0 Å². The normalized spacial score (nSPS) is 16.1. The van der Waals surface area contributed by atoms with Crippen molar-refractivity contribution in [2.24, 2.45) is 7.05 Å². The summed E-state index contributed by atoms with van der Waals surface area (Å²) < 4.78 is 1.58. The van der Waals surface area contributed by atoms with E-state index >= 15 is 0 Å². The van der Waals surface area contributed by atoms with E-state index in [1.54, 1.807) is 17.9 Å². The van der Waals surface area contributed by atoms with Crippen LogP contribution in [-0.4, -0.2) is 33.7 Å². The fourth-order valence-electron chi connectivity index (χ4n) is 2.96. The highest BCUT2D eigenvalue weighted by molar-refractivity contribution is 5.97. The van der Waals surface area contributed by atoms with Gasteiger partial charge in [0.2, 0.25) is 0 Å². The van der Waals surface area contributed by atoms with Crippen LogP contribution in [0.15, 0.2) is 36.5 Å². The first-order valence-corrected chi connectivity index (χ1v) is 7.28. The summed E-state index contributed by atoms with van der Waals surface area (Å²) >= 11 is 0. The van der Waals surface area contributed by atoms with Crippen LogP contribution in [0, 0.1) is 0 Å². The first-order valence-electron chi connectivity index (χ1n) is 7.28. The van der Waals surface area contributed by atoms with E-state index in [0.29, 0.717) is 17.3 Å². The van der Waals surface area contributed by atoms with E-state index < -0.39 is 0 Å². The van der Waals surface area contributed by atoms with Crippen molar-refractivity contribution in [3.05, 3.63) is 47.8 Å². The molecule has 1 aromatic heterocycles. The minimum Gasteiger partial charge on any atom is -0.396 e. The molecule has 0 spiro atoms. The molecule has 0 unspecified atom stereocenters. The Bertz CT molecular complexity index is 627. The quantitative estimate of drug-likeness (QED) is 0.917. The fraction of sp³-hybridized carbons (Fsp3) is 0.375. The Kier molecular flexibility index (Phi) is 3.64. The molecule has 0 saturated carbocycles. The van der Waals surface area contributed by atoms with E-state index in [-0.39, 0.29) is 5.91 Å². The van der Waals surface area contributed by atoms with Crippen LogP contribution in [0.2, 0.25) is 0 Å². The minimum atomic E-state index is -0.0559. The number of benzene rings is 1. The minimum absolute atomic E-state index is 0.0559. The van der Waals surface area contributed by atoms with Gasteiger partial charge in [-0.2, -0.15) is 5.10 Å². The van der Waals surface area contributed by atoms with Crippen LogP contribution in [0.1, 0.15) is 34.8 Å². The molecule has 1 saturated heterocycles. The molecule has 2 N–H and O–H groups in total. The molecular weight excluding hydrogens is 264 g/mol. The number of rotatable bonds is 2. The molecule has 2 heterocycles. The standard InChI is InChI=1S/C16H20N4O/c1-19-11-14(17)15(18-19)16(21)20-9-7-13(8-10-20)12-5-3-2-4-6-12/h2-6,11,13H,7-10,17H2,1H3. The monoisotopic (exact) mass is 284 g/mol. The number of piperidine rings is 1. The average Bonchev–Trinajstić information content (AvgIpc) is 2.86. The number of hydrogen-bond acceptors (Lipinski definition) is 3.